The summed E-state index contributed by atoms with van der Waals surface area (Å²) in [5.41, 5.74) is 6.85. The Hall–Kier alpha value is -1.06. The van der Waals surface area contributed by atoms with Crippen LogP contribution in [0.1, 0.15) is 25.3 Å². The Balaban J connectivity index is 2.28. The maximum absolute atomic E-state index is 11.5. The van der Waals surface area contributed by atoms with E-state index in [1.54, 1.807) is 0 Å². The first-order valence-corrected chi connectivity index (χ1v) is 6.29. The summed E-state index contributed by atoms with van der Waals surface area (Å²) in [6.45, 7) is 2.62. The van der Waals surface area contributed by atoms with Crippen molar-refractivity contribution in [2.24, 2.45) is 5.73 Å². The Bertz CT molecular complexity index is 351. The van der Waals surface area contributed by atoms with Crippen molar-refractivity contribution in [1.82, 2.24) is 5.32 Å². The van der Waals surface area contributed by atoms with Gasteiger partial charge >= 0.3 is 0 Å². The number of amides is 1. The van der Waals surface area contributed by atoms with Gasteiger partial charge in [0.1, 0.15) is 0 Å². The van der Waals surface area contributed by atoms with Crippen LogP contribution in [-0.2, 0) is 11.2 Å². The maximum atomic E-state index is 11.5. The van der Waals surface area contributed by atoms with Crippen LogP contribution >= 0.6 is 11.6 Å². The van der Waals surface area contributed by atoms with Gasteiger partial charge in [-0.15, -0.1) is 0 Å². The van der Waals surface area contributed by atoms with E-state index in [1.807, 2.05) is 31.2 Å². The molecule has 0 bridgehead atoms. The molecule has 0 saturated heterocycles. The van der Waals surface area contributed by atoms with Crippen LogP contribution in [-0.4, -0.2) is 18.5 Å². The first-order chi connectivity index (χ1) is 8.13. The summed E-state index contributed by atoms with van der Waals surface area (Å²) in [4.78, 5) is 11.5. The molecule has 0 fully saturated rings. The molecule has 94 valence electrons. The fourth-order valence-electron chi connectivity index (χ4n) is 1.55. The minimum absolute atomic E-state index is 0.0687. The lowest BCUT2D eigenvalue weighted by molar-refractivity contribution is -0.122. The van der Waals surface area contributed by atoms with Crippen LogP contribution in [0.3, 0.4) is 0 Å². The van der Waals surface area contributed by atoms with Crippen LogP contribution < -0.4 is 11.1 Å². The van der Waals surface area contributed by atoms with Gasteiger partial charge in [-0.3, -0.25) is 4.79 Å². The lowest BCUT2D eigenvalue weighted by Crippen LogP contribution is -2.41. The molecule has 0 aliphatic carbocycles. The minimum Gasteiger partial charge on any atom is -0.354 e. The fourth-order valence-corrected chi connectivity index (χ4v) is 1.68. The number of halogens is 1. The summed E-state index contributed by atoms with van der Waals surface area (Å²) >= 11 is 5.79. The Morgan fingerprint density at radius 3 is 2.65 bits per heavy atom. The first kappa shape index (κ1) is 14.0. The van der Waals surface area contributed by atoms with E-state index >= 15 is 0 Å². The average Bonchev–Trinajstić information content (AvgIpc) is 2.32. The highest BCUT2D eigenvalue weighted by Crippen LogP contribution is 2.09. The third kappa shape index (κ3) is 5.20. The van der Waals surface area contributed by atoms with E-state index in [-0.39, 0.29) is 11.9 Å². The van der Waals surface area contributed by atoms with Gasteiger partial charge in [-0.1, -0.05) is 37.1 Å². The van der Waals surface area contributed by atoms with E-state index in [2.05, 4.69) is 5.32 Å². The average molecular weight is 255 g/mol. The molecular weight excluding hydrogens is 236 g/mol. The van der Waals surface area contributed by atoms with Crippen LogP contribution in [0.2, 0.25) is 5.02 Å². The van der Waals surface area contributed by atoms with E-state index in [9.17, 15) is 4.79 Å². The van der Waals surface area contributed by atoms with Crippen LogP contribution in [0, 0.1) is 0 Å². The Kier molecular flexibility index (Phi) is 6.01. The number of nitrogens with two attached hydrogens (primary N) is 1. The number of carbonyl (C=O) groups excluding carboxylic acids is 1. The second kappa shape index (κ2) is 7.30. The van der Waals surface area contributed by atoms with Crippen molar-refractivity contribution >= 4 is 17.5 Å². The van der Waals surface area contributed by atoms with Crippen molar-refractivity contribution in [1.29, 1.82) is 0 Å². The van der Waals surface area contributed by atoms with E-state index < -0.39 is 0 Å². The van der Waals surface area contributed by atoms with Crippen LogP contribution in [0.15, 0.2) is 24.3 Å². The largest absolute Gasteiger partial charge is 0.354 e. The quantitative estimate of drug-likeness (QED) is 0.817. The van der Waals surface area contributed by atoms with Crippen LogP contribution in [0.25, 0.3) is 0 Å². The molecule has 1 rings (SSSR count). The molecule has 1 aromatic rings. The van der Waals surface area contributed by atoms with Gasteiger partial charge < -0.3 is 11.1 Å². The monoisotopic (exact) mass is 254 g/mol. The summed E-state index contributed by atoms with van der Waals surface area (Å²) in [7, 11) is 0. The second-order valence-electron chi connectivity index (χ2n) is 4.06. The summed E-state index contributed by atoms with van der Waals surface area (Å²) in [6, 6.07) is 7.23. The third-order valence-corrected chi connectivity index (χ3v) is 2.81. The van der Waals surface area contributed by atoms with Crippen LogP contribution in [0.5, 0.6) is 0 Å². The molecule has 3 nitrogen and oxygen atoms in total. The van der Waals surface area contributed by atoms with Crippen molar-refractivity contribution < 1.29 is 4.79 Å². The highest BCUT2D eigenvalue weighted by atomic mass is 35.5. The molecule has 0 aromatic heterocycles. The lowest BCUT2D eigenvalue weighted by Gasteiger charge is -2.11. The van der Waals surface area contributed by atoms with Gasteiger partial charge in [-0.05, 0) is 30.5 Å². The number of benzene rings is 1. The Morgan fingerprint density at radius 2 is 2.06 bits per heavy atom. The molecule has 0 heterocycles. The summed E-state index contributed by atoms with van der Waals surface area (Å²) in [5, 5.41) is 3.56. The number of nitrogens with one attached hydrogen (secondary N) is 1. The minimum atomic E-state index is -0.384. The van der Waals surface area contributed by atoms with Gasteiger partial charge in [0.15, 0.2) is 0 Å². The molecule has 1 aromatic carbocycles. The fraction of sp³-hybridized carbons (Fsp3) is 0.462. The highest BCUT2D eigenvalue weighted by molar-refractivity contribution is 6.30. The van der Waals surface area contributed by atoms with E-state index in [1.165, 1.54) is 0 Å². The molecule has 0 radical (unpaired) electrons. The van der Waals surface area contributed by atoms with Gasteiger partial charge in [0.25, 0.3) is 0 Å². The van der Waals surface area contributed by atoms with E-state index in [4.69, 9.17) is 17.3 Å². The predicted octanol–water partition coefficient (Wildman–Crippen LogP) is 2.13. The van der Waals surface area contributed by atoms with Gasteiger partial charge in [-0.25, -0.2) is 0 Å². The van der Waals surface area contributed by atoms with Gasteiger partial charge in [0.2, 0.25) is 5.91 Å². The topological polar surface area (TPSA) is 55.1 Å². The second-order valence-corrected chi connectivity index (χ2v) is 4.50. The zero-order chi connectivity index (χ0) is 12.7. The molecule has 0 saturated carbocycles. The highest BCUT2D eigenvalue weighted by Gasteiger charge is 2.10. The van der Waals surface area contributed by atoms with Gasteiger partial charge in [-0.2, -0.15) is 0 Å². The standard InChI is InChI=1S/C13H19ClN2O/c1-2-3-12(15)13(17)16-9-8-10-4-6-11(14)7-5-10/h4-7,12H,2-3,8-9,15H2,1H3,(H,16,17)/t12-/m0/s1. The van der Waals surface area contributed by atoms with Gasteiger partial charge in [0.05, 0.1) is 6.04 Å². The maximum Gasteiger partial charge on any atom is 0.236 e. The molecule has 17 heavy (non-hydrogen) atoms. The third-order valence-electron chi connectivity index (χ3n) is 2.56. The number of carbonyl (C=O) groups is 1. The van der Waals surface area contributed by atoms with E-state index in [0.717, 1.165) is 29.8 Å². The number of hydrogen-bond acceptors (Lipinski definition) is 2. The zero-order valence-corrected chi connectivity index (χ0v) is 10.8. The normalized spacial score (nSPS) is 12.2. The molecule has 4 heteroatoms. The van der Waals surface area contributed by atoms with Crippen LogP contribution in [0.4, 0.5) is 0 Å². The van der Waals surface area contributed by atoms with Crippen molar-refractivity contribution in [3.8, 4) is 0 Å². The Morgan fingerprint density at radius 1 is 1.41 bits per heavy atom. The number of hydrogen-bond donors (Lipinski definition) is 2. The summed E-state index contributed by atoms with van der Waals surface area (Å²) in [6.07, 6.45) is 2.44. The number of rotatable bonds is 6. The smallest absolute Gasteiger partial charge is 0.236 e. The SMILES string of the molecule is CCC[C@H](N)C(=O)NCCc1ccc(Cl)cc1. The van der Waals surface area contributed by atoms with Crippen molar-refractivity contribution in [3.63, 3.8) is 0 Å². The predicted molar refractivity (Wildman–Crippen MR) is 71.0 cm³/mol. The van der Waals surface area contributed by atoms with Crippen molar-refractivity contribution in [2.75, 3.05) is 6.54 Å². The Labute approximate surface area is 107 Å². The molecule has 0 unspecified atom stereocenters. The molecule has 1 amide bonds. The van der Waals surface area contributed by atoms with Crippen molar-refractivity contribution in [2.45, 2.75) is 32.2 Å². The molecule has 0 spiro atoms. The molecule has 3 N–H and O–H groups in total. The molecular formula is C13H19ClN2O. The summed E-state index contributed by atoms with van der Waals surface area (Å²) < 4.78 is 0. The van der Waals surface area contributed by atoms with Gasteiger partial charge in [0, 0.05) is 11.6 Å². The zero-order valence-electron chi connectivity index (χ0n) is 10.1. The molecule has 1 atom stereocenters. The summed E-state index contributed by atoms with van der Waals surface area (Å²) in [5.74, 6) is -0.0687. The lowest BCUT2D eigenvalue weighted by atomic mass is 10.1. The van der Waals surface area contributed by atoms with Crippen molar-refractivity contribution in [3.05, 3.63) is 34.9 Å². The molecule has 0 aliphatic heterocycles. The van der Waals surface area contributed by atoms with E-state index in [0.29, 0.717) is 6.54 Å². The first-order valence-electron chi connectivity index (χ1n) is 5.91. The molecule has 0 aliphatic rings.